The summed E-state index contributed by atoms with van der Waals surface area (Å²) in [6, 6.07) is 11.5. The molecule has 3 aromatic rings. The van der Waals surface area contributed by atoms with Gasteiger partial charge in [0.2, 0.25) is 5.88 Å². The number of amides is 1. The number of ether oxygens (including phenoxy) is 2. The number of carbonyl (C=O) groups excluding carboxylic acids is 2. The van der Waals surface area contributed by atoms with E-state index in [1.165, 1.54) is 24.3 Å². The van der Waals surface area contributed by atoms with E-state index >= 15 is 0 Å². The number of fused-ring (bicyclic) bond motifs is 1. The van der Waals surface area contributed by atoms with Crippen molar-refractivity contribution >= 4 is 28.5 Å². The molecule has 0 aliphatic carbocycles. The summed E-state index contributed by atoms with van der Waals surface area (Å²) >= 11 is 0. The average Bonchev–Trinajstić information content (AvgIpc) is 2.90. The van der Waals surface area contributed by atoms with Crippen molar-refractivity contribution < 1.29 is 23.5 Å². The van der Waals surface area contributed by atoms with Crippen LogP contribution in [0.25, 0.3) is 10.9 Å². The Kier molecular flexibility index (Phi) is 8.78. The minimum Gasteiger partial charge on any atom is -0.477 e. The Morgan fingerprint density at radius 2 is 1.76 bits per heavy atom. The molecular weight excluding hydrogens is 487 g/mol. The zero-order chi connectivity index (χ0) is 27.2. The molecule has 1 fully saturated rings. The number of rotatable bonds is 9. The van der Waals surface area contributed by atoms with Gasteiger partial charge >= 0.3 is 5.97 Å². The Hall–Kier alpha value is -3.72. The highest BCUT2D eigenvalue weighted by molar-refractivity contribution is 6.07. The number of nitrogens with zero attached hydrogens (tertiary/aromatic N) is 4. The number of aryl methyl sites for hydroxylation is 1. The third kappa shape index (κ3) is 6.22. The number of aromatic nitrogens is 1. The average molecular weight is 523 g/mol. The number of pyridine rings is 1. The minimum atomic E-state index is -0.481. The second kappa shape index (κ2) is 12.2. The van der Waals surface area contributed by atoms with Gasteiger partial charge in [-0.05, 0) is 70.8 Å². The van der Waals surface area contributed by atoms with Gasteiger partial charge in [0.15, 0.2) is 0 Å². The summed E-state index contributed by atoms with van der Waals surface area (Å²) in [4.78, 5) is 37.0. The first-order valence-corrected chi connectivity index (χ1v) is 13.0. The Morgan fingerprint density at radius 3 is 2.42 bits per heavy atom. The van der Waals surface area contributed by atoms with Crippen LogP contribution in [0.1, 0.15) is 39.6 Å². The molecule has 0 spiro atoms. The molecule has 202 valence electrons. The molecule has 1 aromatic heterocycles. The Labute approximate surface area is 222 Å². The monoisotopic (exact) mass is 522 g/mol. The Balaban J connectivity index is 1.67. The van der Waals surface area contributed by atoms with E-state index in [1.54, 1.807) is 11.8 Å². The van der Waals surface area contributed by atoms with Crippen molar-refractivity contribution in [3.63, 3.8) is 0 Å². The number of hydrogen-bond donors (Lipinski definition) is 0. The lowest BCUT2D eigenvalue weighted by Crippen LogP contribution is -2.49. The minimum absolute atomic E-state index is 0.143. The maximum absolute atomic E-state index is 13.3. The summed E-state index contributed by atoms with van der Waals surface area (Å²) in [6.45, 7) is 7.17. The van der Waals surface area contributed by atoms with Crippen molar-refractivity contribution in [1.29, 1.82) is 0 Å². The van der Waals surface area contributed by atoms with E-state index in [-0.39, 0.29) is 24.2 Å². The zero-order valence-electron chi connectivity index (χ0n) is 22.5. The van der Waals surface area contributed by atoms with Crippen LogP contribution in [0.2, 0.25) is 0 Å². The quantitative estimate of drug-likeness (QED) is 0.309. The molecule has 0 unspecified atom stereocenters. The number of hydrogen-bond acceptors (Lipinski definition) is 7. The standard InChI is InChI=1S/C29H35FN4O4/c1-5-37-29(36)25-26(33-14-16-34(17-15-33)28(35)21-8-10-22(30)11-9-21)23-19-20(2)7-12-24(23)31-27(25)38-18-6-13-32(3)4/h7-12,19H,5-6,13-18H2,1-4H3. The van der Waals surface area contributed by atoms with Crippen LogP contribution in [0.3, 0.4) is 0 Å². The number of piperazine rings is 1. The molecule has 0 atom stereocenters. The summed E-state index contributed by atoms with van der Waals surface area (Å²) < 4.78 is 24.9. The van der Waals surface area contributed by atoms with Gasteiger partial charge in [0, 0.05) is 43.7 Å². The molecule has 0 saturated carbocycles. The van der Waals surface area contributed by atoms with Gasteiger partial charge in [-0.25, -0.2) is 14.2 Å². The third-order valence-corrected chi connectivity index (χ3v) is 6.52. The number of anilines is 1. The van der Waals surface area contributed by atoms with Crippen molar-refractivity contribution in [1.82, 2.24) is 14.8 Å². The highest BCUT2D eigenvalue weighted by Gasteiger charge is 2.30. The fraction of sp³-hybridized carbons (Fsp3) is 0.414. The molecule has 9 heteroatoms. The van der Waals surface area contributed by atoms with Gasteiger partial charge in [-0.2, -0.15) is 0 Å². The normalized spacial score (nSPS) is 13.7. The molecule has 1 aliphatic heterocycles. The molecule has 1 aliphatic rings. The summed E-state index contributed by atoms with van der Waals surface area (Å²) in [5.41, 5.74) is 3.25. The molecule has 38 heavy (non-hydrogen) atoms. The van der Waals surface area contributed by atoms with Crippen molar-refractivity contribution in [2.75, 3.05) is 64.9 Å². The van der Waals surface area contributed by atoms with Gasteiger partial charge in [-0.15, -0.1) is 0 Å². The van der Waals surface area contributed by atoms with E-state index in [0.29, 0.717) is 49.6 Å². The summed E-state index contributed by atoms with van der Waals surface area (Å²) in [5, 5.41) is 0.840. The fourth-order valence-corrected chi connectivity index (χ4v) is 4.62. The van der Waals surface area contributed by atoms with Gasteiger partial charge in [0.1, 0.15) is 11.4 Å². The van der Waals surface area contributed by atoms with Crippen molar-refractivity contribution in [3.05, 3.63) is 65.0 Å². The number of benzene rings is 2. The lowest BCUT2D eigenvalue weighted by atomic mass is 10.0. The highest BCUT2D eigenvalue weighted by Crippen LogP contribution is 2.37. The largest absolute Gasteiger partial charge is 0.477 e. The summed E-state index contributed by atoms with van der Waals surface area (Å²) in [6.07, 6.45) is 0.780. The fourth-order valence-electron chi connectivity index (χ4n) is 4.62. The SMILES string of the molecule is CCOC(=O)c1c(OCCCN(C)C)nc2ccc(C)cc2c1N1CCN(C(=O)c2ccc(F)cc2)CC1. The van der Waals surface area contributed by atoms with Crippen LogP contribution in [0.5, 0.6) is 5.88 Å². The predicted octanol–water partition coefficient (Wildman–Crippen LogP) is 4.15. The van der Waals surface area contributed by atoms with Crippen molar-refractivity contribution in [2.24, 2.45) is 0 Å². The summed E-state index contributed by atoms with van der Waals surface area (Å²) in [7, 11) is 4.00. The van der Waals surface area contributed by atoms with E-state index in [0.717, 1.165) is 29.4 Å². The van der Waals surface area contributed by atoms with E-state index in [1.807, 2.05) is 39.2 Å². The first-order chi connectivity index (χ1) is 18.3. The van der Waals surface area contributed by atoms with E-state index in [9.17, 15) is 14.0 Å². The van der Waals surface area contributed by atoms with Crippen LogP contribution >= 0.6 is 0 Å². The van der Waals surface area contributed by atoms with Gasteiger partial charge in [-0.3, -0.25) is 4.79 Å². The molecule has 1 saturated heterocycles. The molecule has 0 bridgehead atoms. The Bertz CT molecular complexity index is 1290. The van der Waals surface area contributed by atoms with E-state index in [4.69, 9.17) is 14.5 Å². The van der Waals surface area contributed by atoms with Crippen molar-refractivity contribution in [2.45, 2.75) is 20.3 Å². The van der Waals surface area contributed by atoms with Crippen LogP contribution in [0.4, 0.5) is 10.1 Å². The van der Waals surface area contributed by atoms with Crippen LogP contribution in [0.15, 0.2) is 42.5 Å². The van der Waals surface area contributed by atoms with E-state index < -0.39 is 5.97 Å². The first-order valence-electron chi connectivity index (χ1n) is 13.0. The molecule has 8 nitrogen and oxygen atoms in total. The Morgan fingerprint density at radius 1 is 1.05 bits per heavy atom. The third-order valence-electron chi connectivity index (χ3n) is 6.52. The maximum atomic E-state index is 13.3. The van der Waals surface area contributed by atoms with E-state index in [2.05, 4.69) is 9.80 Å². The lowest BCUT2D eigenvalue weighted by molar-refractivity contribution is 0.0520. The molecule has 2 heterocycles. The number of carbonyl (C=O) groups is 2. The molecule has 1 amide bonds. The molecule has 2 aromatic carbocycles. The molecular formula is C29H35FN4O4. The first kappa shape index (κ1) is 27.3. The second-order valence-electron chi connectivity index (χ2n) is 9.67. The smallest absolute Gasteiger partial charge is 0.345 e. The molecule has 0 radical (unpaired) electrons. The number of esters is 1. The molecule has 0 N–H and O–H groups in total. The van der Waals surface area contributed by atoms with Gasteiger partial charge in [0.25, 0.3) is 5.91 Å². The predicted molar refractivity (Wildman–Crippen MR) is 146 cm³/mol. The maximum Gasteiger partial charge on any atom is 0.345 e. The number of halogens is 1. The molecule has 4 rings (SSSR count). The van der Waals surface area contributed by atoms with Gasteiger partial charge < -0.3 is 24.2 Å². The van der Waals surface area contributed by atoms with Gasteiger partial charge in [0.05, 0.1) is 24.4 Å². The van der Waals surface area contributed by atoms with Crippen molar-refractivity contribution in [3.8, 4) is 5.88 Å². The zero-order valence-corrected chi connectivity index (χ0v) is 22.5. The van der Waals surface area contributed by atoms with Crippen LogP contribution in [0, 0.1) is 12.7 Å². The highest BCUT2D eigenvalue weighted by atomic mass is 19.1. The van der Waals surface area contributed by atoms with Gasteiger partial charge in [-0.1, -0.05) is 11.6 Å². The van der Waals surface area contributed by atoms with Crippen LogP contribution in [-0.2, 0) is 4.74 Å². The topological polar surface area (TPSA) is 75.2 Å². The second-order valence-corrected chi connectivity index (χ2v) is 9.67. The van der Waals surface area contributed by atoms with Crippen LogP contribution < -0.4 is 9.64 Å². The summed E-state index contributed by atoms with van der Waals surface area (Å²) in [5.74, 6) is -0.739. The van der Waals surface area contributed by atoms with Crippen LogP contribution in [-0.4, -0.2) is 86.7 Å². The lowest BCUT2D eigenvalue weighted by Gasteiger charge is -2.37.